The summed E-state index contributed by atoms with van der Waals surface area (Å²) in [6.45, 7) is 1.32. The predicted octanol–water partition coefficient (Wildman–Crippen LogP) is 3.92. The lowest BCUT2D eigenvalue weighted by Gasteiger charge is -2.19. The molecule has 0 aliphatic heterocycles. The van der Waals surface area contributed by atoms with Crippen LogP contribution in [0.3, 0.4) is 0 Å². The Kier molecular flexibility index (Phi) is 6.31. The minimum Gasteiger partial charge on any atom is -0.495 e. The zero-order chi connectivity index (χ0) is 21.0. The Hall–Kier alpha value is -2.75. The van der Waals surface area contributed by atoms with Crippen molar-refractivity contribution in [2.24, 2.45) is 0 Å². The molecule has 0 radical (unpaired) electrons. The molecule has 152 valence electrons. The van der Waals surface area contributed by atoms with Crippen molar-refractivity contribution in [1.29, 1.82) is 0 Å². The first-order chi connectivity index (χ1) is 13.8. The molecule has 0 saturated heterocycles. The van der Waals surface area contributed by atoms with Crippen LogP contribution < -0.4 is 14.8 Å². The summed E-state index contributed by atoms with van der Waals surface area (Å²) in [5, 5.41) is 4.40. The number of rotatable bonds is 7. The van der Waals surface area contributed by atoms with Crippen LogP contribution in [0.5, 0.6) is 5.75 Å². The van der Waals surface area contributed by atoms with E-state index < -0.39 is 21.9 Å². The van der Waals surface area contributed by atoms with Crippen LogP contribution in [0.15, 0.2) is 64.9 Å². The highest BCUT2D eigenvalue weighted by atomic mass is 32.2. The number of sulfonamides is 1. The number of thiophene rings is 1. The number of amides is 1. The summed E-state index contributed by atoms with van der Waals surface area (Å²) in [6.07, 6.45) is 0. The Bertz CT molecular complexity index is 1100. The third-order valence-electron chi connectivity index (χ3n) is 4.10. The zero-order valence-electron chi connectivity index (χ0n) is 15.7. The molecule has 3 rings (SSSR count). The molecule has 3 aromatic rings. The van der Waals surface area contributed by atoms with Gasteiger partial charge in [-0.3, -0.25) is 4.79 Å². The molecule has 0 bridgehead atoms. The Labute approximate surface area is 172 Å². The van der Waals surface area contributed by atoms with Crippen molar-refractivity contribution in [3.8, 4) is 5.75 Å². The quantitative estimate of drug-likeness (QED) is 0.590. The largest absolute Gasteiger partial charge is 0.495 e. The first-order valence-electron chi connectivity index (χ1n) is 8.57. The van der Waals surface area contributed by atoms with E-state index in [2.05, 4.69) is 10.0 Å². The number of hydrogen-bond acceptors (Lipinski definition) is 5. The molecule has 1 aromatic heterocycles. The molecule has 0 aliphatic carbocycles. The third-order valence-corrected chi connectivity index (χ3v) is 6.45. The van der Waals surface area contributed by atoms with Crippen LogP contribution in [0, 0.1) is 5.82 Å². The summed E-state index contributed by atoms with van der Waals surface area (Å²) >= 11 is 1.39. The number of anilines is 1. The first kappa shape index (κ1) is 21.0. The molecule has 2 aromatic carbocycles. The van der Waals surface area contributed by atoms with Gasteiger partial charge in [0.1, 0.15) is 11.6 Å². The molecule has 0 unspecified atom stereocenters. The summed E-state index contributed by atoms with van der Waals surface area (Å²) in [4.78, 5) is 12.2. The number of halogens is 1. The van der Waals surface area contributed by atoms with Gasteiger partial charge in [-0.1, -0.05) is 18.2 Å². The maximum atomic E-state index is 13.3. The summed E-state index contributed by atoms with van der Waals surface area (Å²) in [6, 6.07) is 12.8. The molecule has 1 heterocycles. The highest BCUT2D eigenvalue weighted by Gasteiger charge is 2.25. The van der Waals surface area contributed by atoms with Crippen LogP contribution in [-0.2, 0) is 14.8 Å². The van der Waals surface area contributed by atoms with Crippen molar-refractivity contribution < 1.29 is 22.3 Å². The maximum Gasteiger partial charge on any atom is 0.241 e. The van der Waals surface area contributed by atoms with Gasteiger partial charge in [0.05, 0.1) is 23.7 Å². The zero-order valence-corrected chi connectivity index (χ0v) is 17.3. The number of hydrogen-bond donors (Lipinski definition) is 2. The maximum absolute atomic E-state index is 13.3. The number of methoxy groups -OCH3 is 1. The number of nitrogens with one attached hydrogen (secondary N) is 2. The molecule has 1 amide bonds. The number of carbonyl (C=O) groups excluding carboxylic acids is 1. The van der Waals surface area contributed by atoms with Crippen LogP contribution in [0.25, 0.3) is 0 Å². The summed E-state index contributed by atoms with van der Waals surface area (Å²) < 4.78 is 47.3. The molecule has 6 nitrogen and oxygen atoms in total. The van der Waals surface area contributed by atoms with Crippen LogP contribution in [0.4, 0.5) is 10.1 Å². The second-order valence-corrected chi connectivity index (χ2v) is 8.86. The van der Waals surface area contributed by atoms with Gasteiger partial charge in [-0.05, 0) is 47.3 Å². The van der Waals surface area contributed by atoms with Gasteiger partial charge in [0.25, 0.3) is 0 Å². The van der Waals surface area contributed by atoms with E-state index in [9.17, 15) is 17.6 Å². The highest BCUT2D eigenvalue weighted by molar-refractivity contribution is 7.89. The predicted molar refractivity (Wildman–Crippen MR) is 110 cm³/mol. The van der Waals surface area contributed by atoms with Gasteiger partial charge in [-0.25, -0.2) is 12.8 Å². The van der Waals surface area contributed by atoms with E-state index in [0.29, 0.717) is 11.3 Å². The lowest BCUT2D eigenvalue weighted by Crippen LogP contribution is -2.29. The number of ether oxygens (including phenoxy) is 1. The molecule has 2 N–H and O–H groups in total. The van der Waals surface area contributed by atoms with Crippen LogP contribution in [0.1, 0.15) is 23.4 Å². The van der Waals surface area contributed by atoms with Crippen molar-refractivity contribution in [2.45, 2.75) is 17.9 Å². The fraction of sp³-hybridized carbons (Fsp3) is 0.150. The fourth-order valence-corrected chi connectivity index (χ4v) is 4.87. The van der Waals surface area contributed by atoms with E-state index in [0.717, 1.165) is 4.88 Å². The molecule has 1 atom stereocenters. The molecular formula is C20H19FN2O4S2. The van der Waals surface area contributed by atoms with E-state index in [1.807, 2.05) is 11.4 Å². The Morgan fingerprint density at radius 3 is 2.45 bits per heavy atom. The van der Waals surface area contributed by atoms with Gasteiger partial charge < -0.3 is 10.1 Å². The van der Waals surface area contributed by atoms with Crippen molar-refractivity contribution in [3.63, 3.8) is 0 Å². The average Bonchev–Trinajstić information content (AvgIpc) is 3.21. The molecule has 0 fully saturated rings. The van der Waals surface area contributed by atoms with Gasteiger partial charge >= 0.3 is 0 Å². The minimum absolute atomic E-state index is 0.0364. The molecule has 0 saturated carbocycles. The van der Waals surface area contributed by atoms with Crippen molar-refractivity contribution in [1.82, 2.24) is 4.72 Å². The van der Waals surface area contributed by atoms with Crippen molar-refractivity contribution in [2.75, 3.05) is 12.4 Å². The van der Waals surface area contributed by atoms with E-state index in [1.54, 1.807) is 18.2 Å². The van der Waals surface area contributed by atoms with E-state index in [1.165, 1.54) is 55.7 Å². The Balaban J connectivity index is 1.99. The number of carbonyl (C=O) groups is 1. The van der Waals surface area contributed by atoms with Crippen LogP contribution in [-0.4, -0.2) is 21.4 Å². The lowest BCUT2D eigenvalue weighted by atomic mass is 10.1. The van der Waals surface area contributed by atoms with Gasteiger partial charge in [0.15, 0.2) is 0 Å². The standard InChI is InChI=1S/C20H19FN2O4S2/c1-13(24)22-17-12-16(9-10-18(17)27-2)29(25,26)23-20(19-4-3-11-28-19)14-5-7-15(21)8-6-14/h3-12,20,23H,1-2H3,(H,22,24)/t20-/m0/s1. The SMILES string of the molecule is COc1ccc(S(=O)(=O)N[C@@H](c2ccc(F)cc2)c2cccs2)cc1NC(C)=O. The normalized spacial score (nSPS) is 12.4. The Morgan fingerprint density at radius 2 is 1.86 bits per heavy atom. The van der Waals surface area contributed by atoms with Crippen LogP contribution in [0.2, 0.25) is 0 Å². The number of benzene rings is 2. The third kappa shape index (κ3) is 5.00. The molecule has 0 aliphatic rings. The summed E-state index contributed by atoms with van der Waals surface area (Å²) in [5.74, 6) is -0.419. The van der Waals surface area contributed by atoms with E-state index >= 15 is 0 Å². The fourth-order valence-electron chi connectivity index (χ4n) is 2.77. The molecular weight excluding hydrogens is 415 g/mol. The molecule has 0 spiro atoms. The Morgan fingerprint density at radius 1 is 1.14 bits per heavy atom. The highest BCUT2D eigenvalue weighted by Crippen LogP contribution is 2.31. The topological polar surface area (TPSA) is 84.5 Å². The van der Waals surface area contributed by atoms with Crippen molar-refractivity contribution in [3.05, 3.63) is 76.2 Å². The first-order valence-corrected chi connectivity index (χ1v) is 10.9. The van der Waals surface area contributed by atoms with Crippen LogP contribution >= 0.6 is 11.3 Å². The van der Waals surface area contributed by atoms with E-state index in [-0.39, 0.29) is 16.5 Å². The molecule has 9 heteroatoms. The second kappa shape index (κ2) is 8.73. The summed E-state index contributed by atoms with van der Waals surface area (Å²) in [5.41, 5.74) is 0.852. The average molecular weight is 435 g/mol. The van der Waals surface area contributed by atoms with Gasteiger partial charge in [0, 0.05) is 11.8 Å². The lowest BCUT2D eigenvalue weighted by molar-refractivity contribution is -0.114. The monoisotopic (exact) mass is 434 g/mol. The minimum atomic E-state index is -3.97. The van der Waals surface area contributed by atoms with Gasteiger partial charge in [-0.15, -0.1) is 11.3 Å². The van der Waals surface area contributed by atoms with Crippen molar-refractivity contribution >= 4 is 33.0 Å². The second-order valence-electron chi connectivity index (χ2n) is 6.16. The van der Waals surface area contributed by atoms with E-state index in [4.69, 9.17) is 4.74 Å². The molecule has 29 heavy (non-hydrogen) atoms. The van der Waals surface area contributed by atoms with Gasteiger partial charge in [0.2, 0.25) is 15.9 Å². The van der Waals surface area contributed by atoms with Gasteiger partial charge in [-0.2, -0.15) is 4.72 Å². The smallest absolute Gasteiger partial charge is 0.241 e. The summed E-state index contributed by atoms with van der Waals surface area (Å²) in [7, 11) is -2.55.